The highest BCUT2D eigenvalue weighted by Crippen LogP contribution is 2.43. The molecule has 0 unspecified atom stereocenters. The first-order valence-electron chi connectivity index (χ1n) is 51.2. The van der Waals surface area contributed by atoms with Crippen LogP contribution in [-0.4, -0.2) is 29.8 Å². The average Bonchev–Trinajstić information content (AvgIpc) is 0.851. The number of esters is 5. The maximum absolute atomic E-state index is 12.4. The molecule has 0 N–H and O–H groups in total. The van der Waals surface area contributed by atoms with Crippen molar-refractivity contribution in [1.82, 2.24) is 0 Å². The number of hydrogen-bond donors (Lipinski definition) is 0. The van der Waals surface area contributed by atoms with Crippen LogP contribution in [0.15, 0.2) is 267 Å². The van der Waals surface area contributed by atoms with E-state index in [-0.39, 0.29) is 83.0 Å². The van der Waals surface area contributed by atoms with Gasteiger partial charge in [-0.05, 0) is 399 Å². The third kappa shape index (κ3) is 41.0. The minimum absolute atomic E-state index is 0. The van der Waals surface area contributed by atoms with E-state index in [1.807, 2.05) is 0 Å². The van der Waals surface area contributed by atoms with Crippen molar-refractivity contribution < 1.29 is 71.2 Å². The van der Waals surface area contributed by atoms with Gasteiger partial charge >= 0.3 is 29.8 Å². The second kappa shape index (κ2) is 65.5. The van der Waals surface area contributed by atoms with E-state index in [1.54, 1.807) is 121 Å². The van der Waals surface area contributed by atoms with Crippen LogP contribution in [0.4, 0.5) is 23.5 Å². The van der Waals surface area contributed by atoms with Gasteiger partial charge in [0.15, 0.2) is 0 Å². The third-order valence-electron chi connectivity index (χ3n) is 28.1. The molecule has 5 aliphatic rings. The summed E-state index contributed by atoms with van der Waals surface area (Å²) >= 11 is 25.3. The fourth-order valence-electron chi connectivity index (χ4n) is 19.5. The normalized spacial score (nSPS) is 18.9. The van der Waals surface area contributed by atoms with Gasteiger partial charge in [0.1, 0.15) is 28.7 Å². The maximum atomic E-state index is 12.4. The van der Waals surface area contributed by atoms with Gasteiger partial charge < -0.3 is 23.7 Å². The van der Waals surface area contributed by atoms with Gasteiger partial charge in [-0.15, -0.1) is 0 Å². The third-order valence-corrected chi connectivity index (χ3v) is 29.5. The Kier molecular flexibility index (Phi) is 55.7. The topological polar surface area (TPSA) is 132 Å². The number of halogens is 5. The van der Waals surface area contributed by atoms with Gasteiger partial charge in [-0.1, -0.05) is 283 Å². The van der Waals surface area contributed by atoms with Gasteiger partial charge in [0, 0.05) is 24.5 Å². The summed E-state index contributed by atoms with van der Waals surface area (Å²) < 4.78 is 27.6. The Morgan fingerprint density at radius 2 is 0.321 bits per heavy atom. The number of rotatable bonds is 35. The summed E-state index contributed by atoms with van der Waals surface area (Å²) in [4.78, 5) is 65.9. The van der Waals surface area contributed by atoms with Crippen LogP contribution in [0.3, 0.4) is 0 Å². The van der Waals surface area contributed by atoms with Crippen molar-refractivity contribution in [2.24, 2.45) is 29.6 Å². The first-order chi connectivity index (χ1) is 65.8. The highest BCUT2D eigenvalue weighted by Gasteiger charge is 2.34. The quantitative estimate of drug-likeness (QED) is 0.0164. The van der Waals surface area contributed by atoms with E-state index >= 15 is 0 Å². The minimum atomic E-state index is -0.100. The number of hydrogen-bond acceptors (Lipinski definition) is 10. The molecule has 5 saturated carbocycles. The van der Waals surface area contributed by atoms with Crippen LogP contribution in [0.25, 0.3) is 0 Å². The van der Waals surface area contributed by atoms with Crippen molar-refractivity contribution in [3.8, 4) is 28.7 Å². The molecule has 755 valence electrons. The van der Waals surface area contributed by atoms with Crippen molar-refractivity contribution in [2.75, 3.05) is 0 Å². The lowest BCUT2D eigenvalue weighted by atomic mass is 9.78. The van der Waals surface area contributed by atoms with Crippen LogP contribution in [0.2, 0.25) is 0 Å². The number of carbonyl (C=O) groups excluding carboxylic acids is 5. The molecule has 10 aromatic carbocycles. The molecule has 0 atom stereocenters. The Labute approximate surface area is 860 Å². The largest absolute Gasteiger partial charge is 0.426 e. The summed E-state index contributed by atoms with van der Waals surface area (Å²) in [5, 5.41) is 0. The van der Waals surface area contributed by atoms with Crippen LogP contribution in [0.5, 0.6) is 28.7 Å². The van der Waals surface area contributed by atoms with Gasteiger partial charge in [0.2, 0.25) is 0 Å². The average molecular weight is 2010 g/mol. The van der Waals surface area contributed by atoms with Crippen molar-refractivity contribution in [2.45, 2.75) is 346 Å². The van der Waals surface area contributed by atoms with Crippen LogP contribution < -0.4 is 23.7 Å². The summed E-state index contributed by atoms with van der Waals surface area (Å²) in [6, 6.07) is 81.4. The molecule has 5 radical (unpaired) electrons. The molecule has 0 aromatic heterocycles. The molecule has 5 fully saturated rings. The molecule has 0 aliphatic heterocycles. The standard InChI is InChI=1S/5C24H29O2S.5FH/c5*1-2-3-4-5-18-6-8-19(9-7-18)20-10-12-21(13-11-20)24(25)26-22-14-16-23(27)17-15-22;;;;;/h5*6-9,14-17,20-21H,2-5,10-13H2,1H3;5*1H. The molecule has 5 aliphatic carbocycles. The van der Waals surface area contributed by atoms with E-state index in [1.165, 1.54) is 184 Å². The monoisotopic (exact) mass is 2010 g/mol. The zero-order chi connectivity index (χ0) is 95.3. The summed E-state index contributed by atoms with van der Waals surface area (Å²) in [6.07, 6.45) is 44.7. The highest BCUT2D eigenvalue weighted by atomic mass is 32.1. The minimum Gasteiger partial charge on any atom is -0.426 e. The molecule has 0 saturated heterocycles. The first kappa shape index (κ1) is 119. The van der Waals surface area contributed by atoms with Gasteiger partial charge in [0.05, 0.1) is 29.6 Å². The maximum Gasteiger partial charge on any atom is 0.314 e. The summed E-state index contributed by atoms with van der Waals surface area (Å²) in [7, 11) is 0. The lowest BCUT2D eigenvalue weighted by molar-refractivity contribution is -0.141. The summed E-state index contributed by atoms with van der Waals surface area (Å²) in [5.74, 6) is 5.36. The Balaban J connectivity index is 0.000000266. The van der Waals surface area contributed by atoms with E-state index in [2.05, 4.69) is 156 Å². The number of carbonyl (C=O) groups is 5. The van der Waals surface area contributed by atoms with E-state index in [4.69, 9.17) is 86.8 Å². The Hall–Kier alpha value is -9.70. The lowest BCUT2D eigenvalue weighted by Crippen LogP contribution is -2.25. The van der Waals surface area contributed by atoms with Crippen molar-refractivity contribution in [3.63, 3.8) is 0 Å². The van der Waals surface area contributed by atoms with Gasteiger partial charge in [0.25, 0.3) is 0 Å². The Morgan fingerprint density at radius 3 is 0.443 bits per heavy atom. The second-order valence-electron chi connectivity index (χ2n) is 38.2. The molecule has 10 nitrogen and oxygen atoms in total. The van der Waals surface area contributed by atoms with Crippen molar-refractivity contribution >= 4 is 93.0 Å². The molecule has 0 spiro atoms. The molecule has 0 amide bonds. The van der Waals surface area contributed by atoms with Gasteiger partial charge in [-0.3, -0.25) is 47.5 Å². The Bertz CT molecular complexity index is 4350. The predicted octanol–water partition coefficient (Wildman–Crippen LogP) is 35.0. The fraction of sp³-hybridized carbons (Fsp3) is 0.458. The SMILES string of the molecule is CCCCCc1ccc(C2CCC(C(=O)Oc3ccc([S])cc3)CC2)cc1.CCCCCc1ccc(C2CCC(C(=O)Oc3ccc([S])cc3)CC2)cc1.CCCCCc1ccc(C2CCC(C(=O)Oc3ccc([S])cc3)CC2)cc1.CCCCCc1ccc(C2CCC(C(=O)Oc3ccc([S])cc3)CC2)cc1.CCCCCc1ccc(C2CCC(C(=O)Oc3ccc([S])cc3)CC2)cc1.F.F.F.F.F. The predicted molar refractivity (Wildman–Crippen MR) is 574 cm³/mol. The summed E-state index contributed by atoms with van der Waals surface area (Å²) in [6.45, 7) is 11.2. The molecule has 0 bridgehead atoms. The summed E-state index contributed by atoms with van der Waals surface area (Å²) in [5.41, 5.74) is 14.3. The van der Waals surface area contributed by atoms with Crippen LogP contribution in [0, 0.1) is 29.6 Å². The van der Waals surface area contributed by atoms with Gasteiger partial charge in [-0.2, -0.15) is 0 Å². The zero-order valence-electron chi connectivity index (χ0n) is 82.8. The van der Waals surface area contributed by atoms with Crippen molar-refractivity contribution in [1.29, 1.82) is 0 Å². The lowest BCUT2D eigenvalue weighted by Gasteiger charge is -2.27. The zero-order valence-corrected chi connectivity index (χ0v) is 86.9. The molecule has 20 heteroatoms. The van der Waals surface area contributed by atoms with Crippen LogP contribution >= 0.6 is 63.1 Å². The van der Waals surface area contributed by atoms with E-state index < -0.39 is 0 Å². The number of benzene rings is 10. The first-order valence-corrected chi connectivity index (χ1v) is 53.2. The highest BCUT2D eigenvalue weighted by molar-refractivity contribution is 7.81. The molecule has 10 aromatic rings. The molecular weight excluding hydrogens is 1860 g/mol. The van der Waals surface area contributed by atoms with Crippen LogP contribution in [-0.2, 0) is 56.1 Å². The Morgan fingerprint density at radius 1 is 0.193 bits per heavy atom. The fourth-order valence-corrected chi connectivity index (χ4v) is 20.2. The molecular formula is C120H150F5O10S5. The molecule has 15 rings (SSSR count). The molecule has 140 heavy (non-hydrogen) atoms. The molecule has 0 heterocycles. The number of aryl methyl sites for hydroxylation is 5. The van der Waals surface area contributed by atoms with E-state index in [9.17, 15) is 24.0 Å². The van der Waals surface area contributed by atoms with E-state index in [0.29, 0.717) is 58.3 Å². The van der Waals surface area contributed by atoms with Gasteiger partial charge in [-0.25, -0.2) is 0 Å². The number of unbranched alkanes of at least 4 members (excludes halogenated alkanes) is 10. The number of ether oxygens (including phenoxy) is 5. The second-order valence-corrected chi connectivity index (χ2v) is 40.6. The van der Waals surface area contributed by atoms with E-state index in [0.717, 1.165) is 153 Å². The van der Waals surface area contributed by atoms with Crippen molar-refractivity contribution in [3.05, 3.63) is 298 Å². The van der Waals surface area contributed by atoms with Crippen LogP contribution in [0.1, 0.15) is 345 Å². The smallest absolute Gasteiger partial charge is 0.314 e.